The number of ketones is 1. The van der Waals surface area contributed by atoms with Crippen LogP contribution in [0.4, 0.5) is 11.4 Å². The second kappa shape index (κ2) is 18.7. The number of anilines is 2. The topological polar surface area (TPSA) is 269 Å². The Balaban J connectivity index is 1.70. The van der Waals surface area contributed by atoms with Gasteiger partial charge in [-0.2, -0.15) is 5.10 Å². The van der Waals surface area contributed by atoms with Gasteiger partial charge in [0.1, 0.15) is 23.4 Å². The third-order valence-corrected chi connectivity index (χ3v) is 11.6. The first-order valence-electron chi connectivity index (χ1n) is 19.9. The summed E-state index contributed by atoms with van der Waals surface area (Å²) in [6, 6.07) is 5.93. The average Bonchev–Trinajstić information content (AvgIpc) is 3.50. The number of aromatic hydroxyl groups is 3. The highest BCUT2D eigenvalue weighted by Crippen LogP contribution is 2.55. The zero-order valence-corrected chi connectivity index (χ0v) is 35.9. The fourth-order valence-corrected chi connectivity index (χ4v) is 7.73. The maximum absolute atomic E-state index is 14.4. The molecule has 0 saturated heterocycles. The van der Waals surface area contributed by atoms with E-state index in [2.05, 4.69) is 15.8 Å². The second-order valence-corrected chi connectivity index (χ2v) is 15.9. The lowest BCUT2D eigenvalue weighted by Gasteiger charge is -2.38. The highest BCUT2D eigenvalue weighted by molar-refractivity contribution is 6.24. The molecule has 17 heteroatoms. The molecule has 3 aromatic carbocycles. The number of nitrogen functional groups attached to an aromatic ring is 1. The number of phenolic OH excluding ortho intramolecular Hbond substituents is 3. The molecule has 6 rings (SSSR count). The molecule has 0 fully saturated rings. The first-order valence-corrected chi connectivity index (χ1v) is 19.9. The number of phenols is 3. The highest BCUT2D eigenvalue weighted by Gasteiger charge is 2.50. The normalized spacial score (nSPS) is 29.0. The van der Waals surface area contributed by atoms with Crippen molar-refractivity contribution in [1.82, 2.24) is 5.43 Å². The summed E-state index contributed by atoms with van der Waals surface area (Å²) in [5, 5.41) is 64.0. The number of hydrogen-bond acceptors (Lipinski definition) is 15. The molecule has 3 aliphatic heterocycles. The van der Waals surface area contributed by atoms with Gasteiger partial charge in [0.2, 0.25) is 0 Å². The van der Waals surface area contributed by atoms with E-state index in [0.717, 1.165) is 12.5 Å². The number of nitrogens with zero attached hydrogens (tertiary/aromatic N) is 1. The number of benzene rings is 3. The first-order chi connectivity index (χ1) is 29.1. The number of aliphatic hydroxyl groups excluding tert-OH is 2. The molecule has 0 spiro atoms. The van der Waals surface area contributed by atoms with Crippen LogP contribution in [-0.2, 0) is 23.8 Å². The lowest BCUT2D eigenvalue weighted by atomic mass is 9.78. The largest absolute Gasteiger partial charge is 0.507 e. The SMILES string of the molecule is CO[C@H]1/C=C/O[C@@]2(C)Oc3c(C)c(O)c4c(O)c(c(C=NNC(=O)c5ccc(N)cc5)c(O)c4c3C2=O)NC(=O)/C(C)=C\C=C\[C@H](C)[C@@H](O)[C@@H](C)[C@H](O)[C@@H](C)[C@H](OC(C)=O)[C@H]1C. The number of hydrogen-bond donors (Lipinski definition) is 8. The van der Waals surface area contributed by atoms with Crippen molar-refractivity contribution in [3.63, 3.8) is 0 Å². The minimum Gasteiger partial charge on any atom is -0.507 e. The maximum atomic E-state index is 14.4. The highest BCUT2D eigenvalue weighted by atomic mass is 16.7. The third-order valence-electron chi connectivity index (χ3n) is 11.6. The molecule has 0 unspecified atom stereocenters. The monoisotopic (exact) mass is 858 g/mol. The molecule has 9 N–H and O–H groups in total. The number of fused-ring (bicyclic) bond motifs is 14. The molecule has 0 radical (unpaired) electrons. The Bertz CT molecular complexity index is 2370. The van der Waals surface area contributed by atoms with Crippen LogP contribution in [0.1, 0.15) is 80.3 Å². The molecule has 62 heavy (non-hydrogen) atoms. The molecule has 0 aromatic heterocycles. The number of amides is 2. The smallest absolute Gasteiger partial charge is 0.312 e. The van der Waals surface area contributed by atoms with Crippen molar-refractivity contribution < 1.29 is 63.7 Å². The number of carbonyl (C=O) groups is 4. The summed E-state index contributed by atoms with van der Waals surface area (Å²) in [7, 11) is 1.41. The number of allylic oxidation sites excluding steroid dienone is 2. The van der Waals surface area contributed by atoms with Crippen LogP contribution in [0.5, 0.6) is 23.0 Å². The van der Waals surface area contributed by atoms with E-state index in [1.54, 1.807) is 33.8 Å². The minimum atomic E-state index is -2.12. The molecule has 3 heterocycles. The van der Waals surface area contributed by atoms with Gasteiger partial charge in [-0.15, -0.1) is 0 Å². The summed E-state index contributed by atoms with van der Waals surface area (Å²) in [4.78, 5) is 53.4. The fourth-order valence-electron chi connectivity index (χ4n) is 7.73. The lowest BCUT2D eigenvalue weighted by molar-refractivity contribution is -0.160. The van der Waals surface area contributed by atoms with Gasteiger partial charge in [0.05, 0.1) is 53.0 Å². The zero-order valence-electron chi connectivity index (χ0n) is 35.9. The van der Waals surface area contributed by atoms with Gasteiger partial charge in [0, 0.05) is 72.4 Å². The van der Waals surface area contributed by atoms with Crippen molar-refractivity contribution in [2.24, 2.45) is 28.8 Å². The van der Waals surface area contributed by atoms with E-state index < -0.39 is 106 Å². The van der Waals surface area contributed by atoms with E-state index >= 15 is 0 Å². The minimum absolute atomic E-state index is 0.0151. The number of ether oxygens (including phenoxy) is 4. The molecule has 2 amide bonds. The number of carbonyl (C=O) groups excluding carboxylic acids is 4. The Labute approximate surface area is 358 Å². The van der Waals surface area contributed by atoms with Crippen LogP contribution < -0.4 is 21.2 Å². The lowest BCUT2D eigenvalue weighted by Crippen LogP contribution is -2.46. The number of Topliss-reactive ketones (excluding diaryl/α,β-unsaturated/α-hetero) is 1. The predicted molar refractivity (Wildman–Crippen MR) is 230 cm³/mol. The molecular weight excluding hydrogens is 805 g/mol. The Hall–Kier alpha value is -6.43. The van der Waals surface area contributed by atoms with E-state index in [1.165, 1.54) is 77.3 Å². The molecular formula is C45H54N4O13. The number of hydrazone groups is 1. The zero-order chi connectivity index (χ0) is 46.0. The fraction of sp³-hybridized carbons (Fsp3) is 0.400. The Kier molecular flexibility index (Phi) is 14.0. The van der Waals surface area contributed by atoms with Gasteiger partial charge in [0.15, 0.2) is 5.75 Å². The number of methoxy groups -OCH3 is 1. The van der Waals surface area contributed by atoms with Gasteiger partial charge in [-0.1, -0.05) is 45.9 Å². The van der Waals surface area contributed by atoms with Crippen molar-refractivity contribution in [2.45, 2.75) is 85.6 Å². The second-order valence-electron chi connectivity index (χ2n) is 15.9. The van der Waals surface area contributed by atoms with Crippen molar-refractivity contribution >= 4 is 51.9 Å². The summed E-state index contributed by atoms with van der Waals surface area (Å²) >= 11 is 0. The Morgan fingerprint density at radius 2 is 1.60 bits per heavy atom. The first kappa shape index (κ1) is 46.6. The van der Waals surface area contributed by atoms with Crippen LogP contribution in [-0.4, -0.2) is 92.6 Å². The Morgan fingerprint density at radius 3 is 2.23 bits per heavy atom. The molecule has 0 aliphatic carbocycles. The summed E-state index contributed by atoms with van der Waals surface area (Å²) in [5.74, 6) is -9.93. The number of nitrogens with one attached hydrogen (secondary N) is 2. The quantitative estimate of drug-likeness (QED) is 0.0415. The van der Waals surface area contributed by atoms with Crippen molar-refractivity contribution in [3.05, 3.63) is 82.7 Å². The Morgan fingerprint density at radius 1 is 0.935 bits per heavy atom. The van der Waals surface area contributed by atoms with Crippen LogP contribution >= 0.6 is 0 Å². The van der Waals surface area contributed by atoms with Crippen LogP contribution in [0.3, 0.4) is 0 Å². The van der Waals surface area contributed by atoms with Gasteiger partial charge < -0.3 is 55.5 Å². The average molecular weight is 859 g/mol. The molecule has 5 bridgehead atoms. The molecule has 0 saturated carbocycles. The van der Waals surface area contributed by atoms with Gasteiger partial charge >= 0.3 is 11.8 Å². The van der Waals surface area contributed by atoms with E-state index in [1.807, 2.05) is 0 Å². The number of esters is 1. The summed E-state index contributed by atoms with van der Waals surface area (Å²) in [6.07, 6.45) is 4.11. The van der Waals surface area contributed by atoms with Crippen LogP contribution in [0.15, 0.2) is 65.5 Å². The van der Waals surface area contributed by atoms with Crippen LogP contribution in [0, 0.1) is 30.6 Å². The molecule has 17 nitrogen and oxygen atoms in total. The summed E-state index contributed by atoms with van der Waals surface area (Å²) < 4.78 is 23.5. The van der Waals surface area contributed by atoms with E-state index in [-0.39, 0.29) is 39.0 Å². The number of aliphatic hydroxyl groups is 2. The summed E-state index contributed by atoms with van der Waals surface area (Å²) in [6.45, 7) is 12.2. The van der Waals surface area contributed by atoms with Gasteiger partial charge in [0.25, 0.3) is 17.6 Å². The number of nitrogens with two attached hydrogens (primary N) is 1. The predicted octanol–water partition coefficient (Wildman–Crippen LogP) is 5.10. The van der Waals surface area contributed by atoms with Crippen LogP contribution in [0.25, 0.3) is 10.8 Å². The van der Waals surface area contributed by atoms with E-state index in [4.69, 9.17) is 24.7 Å². The maximum Gasteiger partial charge on any atom is 0.312 e. The molecule has 3 aliphatic rings. The number of rotatable bonds is 5. The van der Waals surface area contributed by atoms with Crippen molar-refractivity contribution in [2.75, 3.05) is 18.2 Å². The van der Waals surface area contributed by atoms with Crippen molar-refractivity contribution in [3.8, 4) is 23.0 Å². The standard InChI is InChI=1S/C45H54N4O13/c1-20-11-10-12-21(2)43(57)48-34-29(19-47-49-44(58)27-13-15-28(46)16-14-27)38(54)31-32(39(34)55)37(53)25(6)41-33(31)42(56)45(8,62-41)60-18-17-30(59-9)22(3)40(61-26(7)50)24(5)36(52)23(4)35(20)51/h10-20,22-24,30,35-36,40,51-55H,46H2,1-9H3,(H,48,57)(H,49,58)/b11-10+,18-17+,21-12-,47-19?/t20-,22-,23+,24+,30-,35+,36-,40+,45-/m0/s1. The van der Waals surface area contributed by atoms with Crippen molar-refractivity contribution in [1.29, 1.82) is 0 Å². The van der Waals surface area contributed by atoms with Gasteiger partial charge in [-0.25, -0.2) is 5.43 Å². The van der Waals surface area contributed by atoms with E-state index in [9.17, 15) is 44.7 Å². The van der Waals surface area contributed by atoms with E-state index in [0.29, 0.717) is 5.69 Å². The third kappa shape index (κ3) is 9.10. The van der Waals surface area contributed by atoms with Gasteiger partial charge in [-0.3, -0.25) is 19.2 Å². The molecule has 3 aromatic rings. The van der Waals surface area contributed by atoms with Crippen LogP contribution in [0.2, 0.25) is 0 Å². The summed E-state index contributed by atoms with van der Waals surface area (Å²) in [5.41, 5.74) is 7.63. The van der Waals surface area contributed by atoms with Gasteiger partial charge in [-0.05, 0) is 44.2 Å². The molecule has 332 valence electrons. The molecule has 9 atom stereocenters.